The van der Waals surface area contributed by atoms with Crippen molar-refractivity contribution in [1.29, 1.82) is 5.26 Å². The predicted molar refractivity (Wildman–Crippen MR) is 49.5 cm³/mol. The van der Waals surface area contributed by atoms with Gasteiger partial charge in [0, 0.05) is 12.3 Å². The van der Waals surface area contributed by atoms with E-state index in [0.717, 1.165) is 18.8 Å². The van der Waals surface area contributed by atoms with E-state index >= 15 is 0 Å². The highest BCUT2D eigenvalue weighted by molar-refractivity contribution is 5.38. The Morgan fingerprint density at radius 1 is 1.46 bits per heavy atom. The first-order valence-electron chi connectivity index (χ1n) is 4.50. The van der Waals surface area contributed by atoms with Crippen molar-refractivity contribution in [1.82, 2.24) is 0 Å². The van der Waals surface area contributed by atoms with E-state index in [0.29, 0.717) is 12.3 Å². The lowest BCUT2D eigenvalue weighted by atomic mass is 9.91. The topological polar surface area (TPSA) is 33.0 Å². The van der Waals surface area contributed by atoms with E-state index in [9.17, 15) is 0 Å². The molecule has 0 radical (unpaired) electrons. The molecule has 0 bridgehead atoms. The molecule has 0 unspecified atom stereocenters. The number of hydrogen-bond donors (Lipinski definition) is 0. The molecule has 1 aliphatic rings. The Bertz CT molecular complexity index is 340. The van der Waals surface area contributed by atoms with E-state index < -0.39 is 0 Å². The van der Waals surface area contributed by atoms with Crippen LogP contribution in [-0.2, 0) is 0 Å². The van der Waals surface area contributed by atoms with Crippen LogP contribution in [0.3, 0.4) is 0 Å². The lowest BCUT2D eigenvalue weighted by Crippen LogP contribution is -2.13. The van der Waals surface area contributed by atoms with E-state index in [-0.39, 0.29) is 0 Å². The SMILES string of the molecule is N#CC[C@@H]1CCOc2ccccc21. The van der Waals surface area contributed by atoms with Gasteiger partial charge in [-0.15, -0.1) is 0 Å². The number of fused-ring (bicyclic) bond motifs is 1. The predicted octanol–water partition coefficient (Wildman–Crippen LogP) is 2.47. The highest BCUT2D eigenvalue weighted by Crippen LogP contribution is 2.34. The summed E-state index contributed by atoms with van der Waals surface area (Å²) in [5, 5.41) is 8.65. The second-order valence-corrected chi connectivity index (χ2v) is 3.23. The Morgan fingerprint density at radius 3 is 3.15 bits per heavy atom. The van der Waals surface area contributed by atoms with Crippen molar-refractivity contribution in [2.24, 2.45) is 0 Å². The van der Waals surface area contributed by atoms with Gasteiger partial charge in [0.15, 0.2) is 0 Å². The summed E-state index contributed by atoms with van der Waals surface area (Å²) in [5.74, 6) is 1.32. The van der Waals surface area contributed by atoms with Crippen molar-refractivity contribution in [2.45, 2.75) is 18.8 Å². The first kappa shape index (κ1) is 8.12. The normalized spacial score (nSPS) is 19.8. The van der Waals surface area contributed by atoms with Crippen LogP contribution in [0, 0.1) is 11.3 Å². The number of nitrogens with zero attached hydrogens (tertiary/aromatic N) is 1. The third kappa shape index (κ3) is 1.50. The Morgan fingerprint density at radius 2 is 2.31 bits per heavy atom. The number of nitriles is 1. The third-order valence-corrected chi connectivity index (χ3v) is 2.42. The van der Waals surface area contributed by atoms with Crippen molar-refractivity contribution >= 4 is 0 Å². The van der Waals surface area contributed by atoms with Crippen molar-refractivity contribution < 1.29 is 4.74 Å². The first-order valence-corrected chi connectivity index (χ1v) is 4.50. The number of para-hydroxylation sites is 1. The van der Waals surface area contributed by atoms with Gasteiger partial charge in [0.1, 0.15) is 5.75 Å². The van der Waals surface area contributed by atoms with Crippen molar-refractivity contribution in [2.75, 3.05) is 6.61 Å². The molecule has 1 aromatic rings. The molecule has 2 nitrogen and oxygen atoms in total. The minimum Gasteiger partial charge on any atom is -0.493 e. The van der Waals surface area contributed by atoms with Crippen LogP contribution in [-0.4, -0.2) is 6.61 Å². The largest absolute Gasteiger partial charge is 0.493 e. The zero-order valence-corrected chi connectivity index (χ0v) is 7.36. The average Bonchev–Trinajstić information content (AvgIpc) is 2.19. The Labute approximate surface area is 77.8 Å². The minimum atomic E-state index is 0.370. The monoisotopic (exact) mass is 173 g/mol. The van der Waals surface area contributed by atoms with Crippen LogP contribution in [0.2, 0.25) is 0 Å². The molecule has 0 saturated carbocycles. The number of rotatable bonds is 1. The van der Waals surface area contributed by atoms with Gasteiger partial charge in [-0.3, -0.25) is 0 Å². The van der Waals surface area contributed by atoms with Crippen LogP contribution >= 0.6 is 0 Å². The van der Waals surface area contributed by atoms with Gasteiger partial charge in [0.2, 0.25) is 0 Å². The summed E-state index contributed by atoms with van der Waals surface area (Å²) in [4.78, 5) is 0. The Hall–Kier alpha value is -1.49. The molecule has 0 N–H and O–H groups in total. The number of benzene rings is 1. The van der Waals surface area contributed by atoms with Crippen LogP contribution in [0.4, 0.5) is 0 Å². The summed E-state index contributed by atoms with van der Waals surface area (Å²) in [7, 11) is 0. The Balaban J connectivity index is 2.32. The van der Waals surface area contributed by atoms with Crippen molar-refractivity contribution in [3.63, 3.8) is 0 Å². The second-order valence-electron chi connectivity index (χ2n) is 3.23. The fourth-order valence-corrected chi connectivity index (χ4v) is 1.74. The van der Waals surface area contributed by atoms with Crippen LogP contribution in [0.1, 0.15) is 24.3 Å². The smallest absolute Gasteiger partial charge is 0.122 e. The van der Waals surface area contributed by atoms with Gasteiger partial charge in [0.25, 0.3) is 0 Å². The summed E-state index contributed by atoms with van der Waals surface area (Å²) >= 11 is 0. The van der Waals surface area contributed by atoms with Gasteiger partial charge < -0.3 is 4.74 Å². The maximum Gasteiger partial charge on any atom is 0.122 e. The van der Waals surface area contributed by atoms with Gasteiger partial charge in [-0.05, 0) is 18.1 Å². The molecule has 0 spiro atoms. The second kappa shape index (κ2) is 3.49. The highest BCUT2D eigenvalue weighted by Gasteiger charge is 2.20. The fraction of sp³-hybridized carbons (Fsp3) is 0.364. The molecule has 0 amide bonds. The molecular weight excluding hydrogens is 162 g/mol. The van der Waals surface area contributed by atoms with Crippen molar-refractivity contribution in [3.05, 3.63) is 29.8 Å². The molecule has 1 aromatic carbocycles. The molecule has 0 aliphatic carbocycles. The van der Waals surface area contributed by atoms with Gasteiger partial charge in [-0.2, -0.15) is 5.26 Å². The average molecular weight is 173 g/mol. The van der Waals surface area contributed by atoms with Crippen LogP contribution < -0.4 is 4.74 Å². The third-order valence-electron chi connectivity index (χ3n) is 2.42. The molecule has 2 rings (SSSR count). The van der Waals surface area contributed by atoms with E-state index in [4.69, 9.17) is 10.00 Å². The molecule has 0 aromatic heterocycles. The maximum absolute atomic E-state index is 8.65. The van der Waals surface area contributed by atoms with E-state index in [1.165, 1.54) is 5.56 Å². The molecule has 66 valence electrons. The van der Waals surface area contributed by atoms with Gasteiger partial charge in [-0.1, -0.05) is 18.2 Å². The number of ether oxygens (including phenoxy) is 1. The molecular formula is C11H11NO. The molecule has 1 aliphatic heterocycles. The standard InChI is InChI=1S/C11H11NO/c12-7-5-9-6-8-13-11-4-2-1-3-10(9)11/h1-4,9H,5-6,8H2/t9-/m1/s1. The van der Waals surface area contributed by atoms with E-state index in [1.54, 1.807) is 0 Å². The lowest BCUT2D eigenvalue weighted by molar-refractivity contribution is 0.268. The van der Waals surface area contributed by atoms with Gasteiger partial charge in [-0.25, -0.2) is 0 Å². The zero-order valence-electron chi connectivity index (χ0n) is 7.36. The highest BCUT2D eigenvalue weighted by atomic mass is 16.5. The van der Waals surface area contributed by atoms with E-state index in [2.05, 4.69) is 12.1 Å². The summed E-state index contributed by atoms with van der Waals surface area (Å²) in [6, 6.07) is 10.2. The van der Waals surface area contributed by atoms with Crippen LogP contribution in [0.15, 0.2) is 24.3 Å². The first-order chi connectivity index (χ1) is 6.42. The number of hydrogen-bond acceptors (Lipinski definition) is 2. The Kier molecular flexibility index (Phi) is 2.18. The molecule has 13 heavy (non-hydrogen) atoms. The van der Waals surface area contributed by atoms with Crippen LogP contribution in [0.25, 0.3) is 0 Å². The summed E-state index contributed by atoms with van der Waals surface area (Å²) in [5.41, 5.74) is 1.19. The van der Waals surface area contributed by atoms with Crippen molar-refractivity contribution in [3.8, 4) is 11.8 Å². The maximum atomic E-state index is 8.65. The van der Waals surface area contributed by atoms with Gasteiger partial charge >= 0.3 is 0 Å². The lowest BCUT2D eigenvalue weighted by Gasteiger charge is -2.23. The summed E-state index contributed by atoms with van der Waals surface area (Å²) in [6.45, 7) is 0.739. The zero-order chi connectivity index (χ0) is 9.10. The fourth-order valence-electron chi connectivity index (χ4n) is 1.74. The van der Waals surface area contributed by atoms with E-state index in [1.807, 2.05) is 18.2 Å². The minimum absolute atomic E-state index is 0.370. The molecule has 2 heteroatoms. The molecule has 0 fully saturated rings. The quantitative estimate of drug-likeness (QED) is 0.653. The summed E-state index contributed by atoms with van der Waals surface area (Å²) < 4.78 is 5.49. The molecule has 0 saturated heterocycles. The molecule has 1 heterocycles. The van der Waals surface area contributed by atoms with Gasteiger partial charge in [0.05, 0.1) is 12.7 Å². The summed E-state index contributed by atoms with van der Waals surface area (Å²) in [6.07, 6.45) is 1.56. The van der Waals surface area contributed by atoms with Crippen LogP contribution in [0.5, 0.6) is 5.75 Å². The molecule has 1 atom stereocenters.